The maximum absolute atomic E-state index is 12.5. The van der Waals surface area contributed by atoms with Crippen molar-refractivity contribution in [2.75, 3.05) is 18.4 Å². The van der Waals surface area contributed by atoms with Crippen molar-refractivity contribution in [3.8, 4) is 0 Å². The first-order valence-electron chi connectivity index (χ1n) is 9.13. The maximum atomic E-state index is 12.5. The van der Waals surface area contributed by atoms with Crippen LogP contribution in [0, 0.1) is 11.8 Å². The molecule has 1 saturated heterocycles. The van der Waals surface area contributed by atoms with Gasteiger partial charge in [-0.15, -0.1) is 0 Å². The highest BCUT2D eigenvalue weighted by molar-refractivity contribution is 5.94. The molecule has 23 heavy (non-hydrogen) atoms. The Kier molecular flexibility index (Phi) is 5.19. The van der Waals surface area contributed by atoms with Gasteiger partial charge in [-0.1, -0.05) is 19.8 Å². The minimum atomic E-state index is 0.123. The predicted molar refractivity (Wildman–Crippen MR) is 93.6 cm³/mol. The first-order chi connectivity index (χ1) is 11.1. The molecule has 1 unspecified atom stereocenters. The van der Waals surface area contributed by atoms with Gasteiger partial charge in [0.25, 0.3) is 5.91 Å². The highest BCUT2D eigenvalue weighted by atomic mass is 16.2. The summed E-state index contributed by atoms with van der Waals surface area (Å²) in [5.41, 5.74) is 0.704. The van der Waals surface area contributed by atoms with Gasteiger partial charge >= 0.3 is 0 Å². The summed E-state index contributed by atoms with van der Waals surface area (Å²) >= 11 is 0. The number of carbonyl (C=O) groups excluding carboxylic acids is 1. The summed E-state index contributed by atoms with van der Waals surface area (Å²) in [7, 11) is 0. The fourth-order valence-electron chi connectivity index (χ4n) is 3.22. The molecule has 1 N–H and O–H groups in total. The van der Waals surface area contributed by atoms with Gasteiger partial charge in [0.1, 0.15) is 5.82 Å². The van der Waals surface area contributed by atoms with Gasteiger partial charge < -0.3 is 10.2 Å². The van der Waals surface area contributed by atoms with Crippen molar-refractivity contribution < 1.29 is 4.79 Å². The molecule has 2 heterocycles. The minimum absolute atomic E-state index is 0.123. The van der Waals surface area contributed by atoms with E-state index in [9.17, 15) is 4.79 Å². The second-order valence-corrected chi connectivity index (χ2v) is 7.47. The average Bonchev–Trinajstić information content (AvgIpc) is 3.38. The molecule has 0 aromatic carbocycles. The molecule has 0 spiro atoms. The first-order valence-corrected chi connectivity index (χ1v) is 9.13. The third-order valence-corrected chi connectivity index (χ3v) is 5.18. The second kappa shape index (κ2) is 7.33. The van der Waals surface area contributed by atoms with Crippen LogP contribution < -0.4 is 5.32 Å². The van der Waals surface area contributed by atoms with Crippen molar-refractivity contribution in [1.82, 2.24) is 9.88 Å². The molecule has 2 aliphatic rings. The van der Waals surface area contributed by atoms with E-state index in [-0.39, 0.29) is 5.91 Å². The molecule has 0 bridgehead atoms. The van der Waals surface area contributed by atoms with Gasteiger partial charge in [-0.2, -0.15) is 0 Å². The van der Waals surface area contributed by atoms with Crippen LogP contribution in [0.1, 0.15) is 62.7 Å². The third kappa shape index (κ3) is 4.69. The van der Waals surface area contributed by atoms with E-state index in [1.165, 1.54) is 25.7 Å². The first kappa shape index (κ1) is 16.3. The molecule has 1 amide bonds. The number of likely N-dealkylation sites (tertiary alicyclic amines) is 1. The Morgan fingerprint density at radius 1 is 1.30 bits per heavy atom. The number of amides is 1. The second-order valence-electron chi connectivity index (χ2n) is 7.47. The zero-order valence-electron chi connectivity index (χ0n) is 14.4. The molecule has 1 aromatic heterocycles. The maximum Gasteiger partial charge on any atom is 0.255 e. The number of rotatable bonds is 6. The molecular formula is C19H29N3O. The Morgan fingerprint density at radius 2 is 2.04 bits per heavy atom. The van der Waals surface area contributed by atoms with E-state index in [1.807, 2.05) is 17.0 Å². The van der Waals surface area contributed by atoms with E-state index >= 15 is 0 Å². The standard InChI is InChI=1S/C19H29N3O/c1-14-9-11-22(12-10-14)19(23)17-7-8-18(20-13-17)21-15(2)3-4-16-5-6-16/h7-8,13-16H,3-6,9-12H2,1-2H3,(H,20,21). The van der Waals surface area contributed by atoms with Gasteiger partial charge in [-0.05, 0) is 56.6 Å². The minimum Gasteiger partial charge on any atom is -0.368 e. The highest BCUT2D eigenvalue weighted by Crippen LogP contribution is 2.34. The zero-order valence-corrected chi connectivity index (χ0v) is 14.4. The monoisotopic (exact) mass is 315 g/mol. The molecule has 1 saturated carbocycles. The number of carbonyl (C=O) groups is 1. The number of anilines is 1. The lowest BCUT2D eigenvalue weighted by Crippen LogP contribution is -2.37. The molecule has 1 aliphatic heterocycles. The quantitative estimate of drug-likeness (QED) is 0.864. The van der Waals surface area contributed by atoms with Crippen LogP contribution in [0.25, 0.3) is 0 Å². The van der Waals surface area contributed by atoms with Crippen LogP contribution >= 0.6 is 0 Å². The van der Waals surface area contributed by atoms with Gasteiger partial charge in [0, 0.05) is 25.3 Å². The van der Waals surface area contributed by atoms with Crippen LogP contribution in [0.15, 0.2) is 18.3 Å². The Balaban J connectivity index is 1.50. The van der Waals surface area contributed by atoms with Crippen molar-refractivity contribution in [3.05, 3.63) is 23.9 Å². The lowest BCUT2D eigenvalue weighted by molar-refractivity contribution is 0.0697. The van der Waals surface area contributed by atoms with Gasteiger partial charge in [-0.3, -0.25) is 4.79 Å². The Hall–Kier alpha value is -1.58. The normalized spacial score (nSPS) is 20.3. The Morgan fingerprint density at radius 3 is 2.65 bits per heavy atom. The summed E-state index contributed by atoms with van der Waals surface area (Å²) in [5, 5.41) is 3.44. The van der Waals surface area contributed by atoms with Crippen LogP contribution in [0.4, 0.5) is 5.82 Å². The van der Waals surface area contributed by atoms with E-state index in [0.717, 1.165) is 43.6 Å². The number of nitrogens with zero attached hydrogens (tertiary/aromatic N) is 2. The smallest absolute Gasteiger partial charge is 0.255 e. The predicted octanol–water partition coefficient (Wildman–Crippen LogP) is 3.94. The molecule has 1 aliphatic carbocycles. The summed E-state index contributed by atoms with van der Waals surface area (Å²) in [6.07, 6.45) is 9.27. The van der Waals surface area contributed by atoms with E-state index in [0.29, 0.717) is 11.6 Å². The number of hydrogen-bond donors (Lipinski definition) is 1. The number of hydrogen-bond acceptors (Lipinski definition) is 3. The largest absolute Gasteiger partial charge is 0.368 e. The van der Waals surface area contributed by atoms with Crippen LogP contribution in [0.3, 0.4) is 0 Å². The Labute approximate surface area is 139 Å². The summed E-state index contributed by atoms with van der Waals surface area (Å²) in [5.74, 6) is 2.70. The highest BCUT2D eigenvalue weighted by Gasteiger charge is 2.22. The van der Waals surface area contributed by atoms with Crippen molar-refractivity contribution in [1.29, 1.82) is 0 Å². The SMILES string of the molecule is CC1CCN(C(=O)c2ccc(NC(C)CCC3CC3)nc2)CC1. The van der Waals surface area contributed by atoms with Gasteiger partial charge in [0.2, 0.25) is 0 Å². The van der Waals surface area contributed by atoms with Gasteiger partial charge in [0.05, 0.1) is 5.56 Å². The fraction of sp³-hybridized carbons (Fsp3) is 0.684. The fourth-order valence-corrected chi connectivity index (χ4v) is 3.22. The van der Waals surface area contributed by atoms with E-state index in [1.54, 1.807) is 6.20 Å². The van der Waals surface area contributed by atoms with E-state index in [4.69, 9.17) is 0 Å². The number of piperidine rings is 1. The summed E-state index contributed by atoms with van der Waals surface area (Å²) in [6.45, 7) is 6.21. The summed E-state index contributed by atoms with van der Waals surface area (Å²) in [4.78, 5) is 18.9. The Bertz CT molecular complexity index is 516. The lowest BCUT2D eigenvalue weighted by atomic mass is 9.99. The van der Waals surface area contributed by atoms with Gasteiger partial charge in [0.15, 0.2) is 0 Å². The van der Waals surface area contributed by atoms with Crippen molar-refractivity contribution in [2.45, 2.75) is 58.4 Å². The average molecular weight is 315 g/mol. The number of nitrogens with one attached hydrogen (secondary N) is 1. The molecular weight excluding hydrogens is 286 g/mol. The molecule has 1 aromatic rings. The number of aromatic nitrogens is 1. The number of pyridine rings is 1. The van der Waals surface area contributed by atoms with Crippen LogP contribution in [0.2, 0.25) is 0 Å². The topological polar surface area (TPSA) is 45.2 Å². The summed E-state index contributed by atoms with van der Waals surface area (Å²) < 4.78 is 0. The van der Waals surface area contributed by atoms with Crippen LogP contribution in [0.5, 0.6) is 0 Å². The van der Waals surface area contributed by atoms with Crippen molar-refractivity contribution in [3.63, 3.8) is 0 Å². The molecule has 3 rings (SSSR count). The molecule has 4 heteroatoms. The van der Waals surface area contributed by atoms with E-state index in [2.05, 4.69) is 24.1 Å². The van der Waals surface area contributed by atoms with Crippen molar-refractivity contribution in [2.24, 2.45) is 11.8 Å². The third-order valence-electron chi connectivity index (χ3n) is 5.18. The van der Waals surface area contributed by atoms with Crippen LogP contribution in [-0.2, 0) is 0 Å². The lowest BCUT2D eigenvalue weighted by Gasteiger charge is -2.30. The molecule has 1 atom stereocenters. The zero-order chi connectivity index (χ0) is 16.2. The van der Waals surface area contributed by atoms with E-state index < -0.39 is 0 Å². The van der Waals surface area contributed by atoms with Gasteiger partial charge in [-0.25, -0.2) is 4.98 Å². The van der Waals surface area contributed by atoms with Crippen LogP contribution in [-0.4, -0.2) is 34.9 Å². The molecule has 126 valence electrons. The molecule has 4 nitrogen and oxygen atoms in total. The molecule has 0 radical (unpaired) electrons. The molecule has 2 fully saturated rings. The summed E-state index contributed by atoms with van der Waals surface area (Å²) in [6, 6.07) is 4.28. The van der Waals surface area contributed by atoms with Crippen molar-refractivity contribution >= 4 is 11.7 Å².